The number of nitrogens with zero attached hydrogens (tertiary/aromatic N) is 1. The molecule has 1 aromatic rings. The Balaban J connectivity index is 1.61. The van der Waals surface area contributed by atoms with E-state index in [1.54, 1.807) is 0 Å². The molecule has 2 aliphatic rings. The molecule has 1 nitrogen and oxygen atoms in total. The molecule has 1 aromatic carbocycles. The van der Waals surface area contributed by atoms with Crippen LogP contribution in [0.3, 0.4) is 0 Å². The molecule has 0 aromatic heterocycles. The van der Waals surface area contributed by atoms with Crippen molar-refractivity contribution in [1.29, 1.82) is 0 Å². The Morgan fingerprint density at radius 2 is 1.65 bits per heavy atom. The summed E-state index contributed by atoms with van der Waals surface area (Å²) >= 11 is 0. The minimum atomic E-state index is 0.835. The highest BCUT2D eigenvalue weighted by molar-refractivity contribution is 5.14. The van der Waals surface area contributed by atoms with Gasteiger partial charge in [0.2, 0.25) is 0 Å². The van der Waals surface area contributed by atoms with E-state index in [-0.39, 0.29) is 0 Å². The van der Waals surface area contributed by atoms with Gasteiger partial charge in [-0.1, -0.05) is 43.2 Å². The van der Waals surface area contributed by atoms with Crippen LogP contribution in [0.25, 0.3) is 0 Å². The number of rotatable bonds is 3. The van der Waals surface area contributed by atoms with Gasteiger partial charge in [0.05, 0.1) is 0 Å². The maximum atomic E-state index is 2.58. The highest BCUT2D eigenvalue weighted by Gasteiger charge is 2.35. The first-order valence-corrected chi connectivity index (χ1v) is 7.05. The highest BCUT2D eigenvalue weighted by Crippen LogP contribution is 2.43. The van der Waals surface area contributed by atoms with Crippen LogP contribution in [0.5, 0.6) is 0 Å². The number of hydrogen-bond donors (Lipinski definition) is 0. The summed E-state index contributed by atoms with van der Waals surface area (Å²) in [5, 5.41) is 0. The molecule has 2 saturated carbocycles. The molecule has 0 saturated heterocycles. The molecular weight excluding hydrogens is 206 g/mol. The Kier molecular flexibility index (Phi) is 3.19. The van der Waals surface area contributed by atoms with E-state index in [1.165, 1.54) is 37.7 Å². The van der Waals surface area contributed by atoms with E-state index in [1.807, 2.05) is 0 Å². The second kappa shape index (κ2) is 4.81. The molecule has 0 heterocycles. The van der Waals surface area contributed by atoms with E-state index < -0.39 is 0 Å². The second-order valence-electron chi connectivity index (χ2n) is 6.07. The van der Waals surface area contributed by atoms with Crippen LogP contribution in [0.2, 0.25) is 0 Å². The van der Waals surface area contributed by atoms with Crippen LogP contribution in [0.1, 0.15) is 37.7 Å². The Morgan fingerprint density at radius 3 is 2.29 bits per heavy atom. The van der Waals surface area contributed by atoms with Gasteiger partial charge in [-0.05, 0) is 43.7 Å². The van der Waals surface area contributed by atoms with Crippen LogP contribution in [0, 0.1) is 11.8 Å². The first kappa shape index (κ1) is 11.3. The van der Waals surface area contributed by atoms with Gasteiger partial charge < -0.3 is 0 Å². The van der Waals surface area contributed by atoms with Crippen LogP contribution >= 0.6 is 0 Å². The van der Waals surface area contributed by atoms with Crippen molar-refractivity contribution in [3.8, 4) is 0 Å². The Labute approximate surface area is 105 Å². The van der Waals surface area contributed by atoms with Crippen LogP contribution in [0.4, 0.5) is 0 Å². The predicted octanol–water partition coefficient (Wildman–Crippen LogP) is 3.70. The summed E-state index contributed by atoms with van der Waals surface area (Å²) in [6.45, 7) is 1.12. The SMILES string of the molecule is CN(Cc1ccccc1)C1C[C@H]2CC[C@@H](C1)C2. The molecule has 17 heavy (non-hydrogen) atoms. The zero-order valence-electron chi connectivity index (χ0n) is 10.8. The van der Waals surface area contributed by atoms with Crippen LogP contribution < -0.4 is 0 Å². The average Bonchev–Trinajstić information content (AvgIpc) is 2.69. The van der Waals surface area contributed by atoms with Crippen molar-refractivity contribution in [3.05, 3.63) is 35.9 Å². The summed E-state index contributed by atoms with van der Waals surface area (Å²) in [6.07, 6.45) is 7.41. The molecule has 0 amide bonds. The molecular formula is C16H23N. The summed E-state index contributed by atoms with van der Waals surface area (Å²) in [7, 11) is 2.31. The molecule has 1 unspecified atom stereocenters. The molecule has 0 spiro atoms. The van der Waals surface area contributed by atoms with E-state index in [0.29, 0.717) is 0 Å². The number of fused-ring (bicyclic) bond motifs is 2. The quantitative estimate of drug-likeness (QED) is 0.764. The van der Waals surface area contributed by atoms with Gasteiger partial charge in [0, 0.05) is 12.6 Å². The fourth-order valence-electron chi connectivity index (χ4n) is 3.83. The van der Waals surface area contributed by atoms with Gasteiger partial charge in [0.15, 0.2) is 0 Å². The average molecular weight is 229 g/mol. The topological polar surface area (TPSA) is 3.24 Å². The van der Waals surface area contributed by atoms with Crippen molar-refractivity contribution in [3.63, 3.8) is 0 Å². The maximum Gasteiger partial charge on any atom is 0.0233 e. The minimum absolute atomic E-state index is 0.835. The summed E-state index contributed by atoms with van der Waals surface area (Å²) < 4.78 is 0. The molecule has 0 N–H and O–H groups in total. The van der Waals surface area contributed by atoms with Crippen molar-refractivity contribution < 1.29 is 0 Å². The zero-order valence-corrected chi connectivity index (χ0v) is 10.8. The van der Waals surface area contributed by atoms with E-state index >= 15 is 0 Å². The molecule has 2 fully saturated rings. The zero-order chi connectivity index (χ0) is 11.7. The second-order valence-corrected chi connectivity index (χ2v) is 6.07. The standard InChI is InChI=1S/C16H23N/c1-17(12-13-5-3-2-4-6-13)16-10-14-7-8-15(9-14)11-16/h2-6,14-16H,7-12H2,1H3/t14-,15+,16?. The number of hydrogen-bond acceptors (Lipinski definition) is 1. The lowest BCUT2D eigenvalue weighted by molar-refractivity contribution is 0.147. The van der Waals surface area contributed by atoms with Crippen LogP contribution in [-0.4, -0.2) is 18.0 Å². The molecule has 2 bridgehead atoms. The first-order chi connectivity index (χ1) is 8.31. The Hall–Kier alpha value is -0.820. The lowest BCUT2D eigenvalue weighted by Crippen LogP contribution is -2.36. The van der Waals surface area contributed by atoms with Gasteiger partial charge >= 0.3 is 0 Å². The molecule has 3 atom stereocenters. The van der Waals surface area contributed by atoms with Crippen LogP contribution in [-0.2, 0) is 6.54 Å². The van der Waals surface area contributed by atoms with E-state index in [4.69, 9.17) is 0 Å². The van der Waals surface area contributed by atoms with Gasteiger partial charge in [-0.25, -0.2) is 0 Å². The van der Waals surface area contributed by atoms with Crippen molar-refractivity contribution in [2.45, 2.75) is 44.7 Å². The monoisotopic (exact) mass is 229 g/mol. The summed E-state index contributed by atoms with van der Waals surface area (Å²) in [5.74, 6) is 2.08. The predicted molar refractivity (Wildman–Crippen MR) is 71.8 cm³/mol. The third-order valence-corrected chi connectivity index (χ3v) is 4.76. The van der Waals surface area contributed by atoms with Crippen molar-refractivity contribution in [2.75, 3.05) is 7.05 Å². The Bertz CT molecular complexity index is 347. The minimum Gasteiger partial charge on any atom is -0.299 e. The summed E-state index contributed by atoms with van der Waals surface area (Å²) in [5.41, 5.74) is 1.45. The third-order valence-electron chi connectivity index (χ3n) is 4.76. The lowest BCUT2D eigenvalue weighted by Gasteiger charge is -2.34. The van der Waals surface area contributed by atoms with Gasteiger partial charge in [-0.15, -0.1) is 0 Å². The molecule has 1 heteroatoms. The lowest BCUT2D eigenvalue weighted by atomic mass is 9.85. The number of benzene rings is 1. The van der Waals surface area contributed by atoms with Gasteiger partial charge in [0.1, 0.15) is 0 Å². The largest absolute Gasteiger partial charge is 0.299 e. The fourth-order valence-corrected chi connectivity index (χ4v) is 3.83. The summed E-state index contributed by atoms with van der Waals surface area (Å²) in [4.78, 5) is 2.58. The fraction of sp³-hybridized carbons (Fsp3) is 0.625. The van der Waals surface area contributed by atoms with Crippen LogP contribution in [0.15, 0.2) is 30.3 Å². The third kappa shape index (κ3) is 2.55. The van der Waals surface area contributed by atoms with Gasteiger partial charge in [0.25, 0.3) is 0 Å². The molecule has 0 radical (unpaired) electrons. The summed E-state index contributed by atoms with van der Waals surface area (Å²) in [6, 6.07) is 11.7. The molecule has 3 rings (SSSR count). The van der Waals surface area contributed by atoms with Crippen molar-refractivity contribution in [2.24, 2.45) is 11.8 Å². The highest BCUT2D eigenvalue weighted by atomic mass is 15.1. The van der Waals surface area contributed by atoms with E-state index in [9.17, 15) is 0 Å². The van der Waals surface area contributed by atoms with E-state index in [2.05, 4.69) is 42.3 Å². The molecule has 0 aliphatic heterocycles. The van der Waals surface area contributed by atoms with Crippen molar-refractivity contribution >= 4 is 0 Å². The molecule has 2 aliphatic carbocycles. The molecule has 92 valence electrons. The normalized spacial score (nSPS) is 32.0. The van der Waals surface area contributed by atoms with Crippen molar-refractivity contribution in [1.82, 2.24) is 4.90 Å². The smallest absolute Gasteiger partial charge is 0.0233 e. The maximum absolute atomic E-state index is 2.58. The van der Waals surface area contributed by atoms with Gasteiger partial charge in [-0.3, -0.25) is 4.90 Å². The van der Waals surface area contributed by atoms with E-state index in [0.717, 1.165) is 24.4 Å². The first-order valence-electron chi connectivity index (χ1n) is 7.05. The Morgan fingerprint density at radius 1 is 1.00 bits per heavy atom. The van der Waals surface area contributed by atoms with Gasteiger partial charge in [-0.2, -0.15) is 0 Å².